The first-order valence-corrected chi connectivity index (χ1v) is 8.18. The number of esters is 1. The van der Waals surface area contributed by atoms with Gasteiger partial charge in [-0.05, 0) is 50.1 Å². The van der Waals surface area contributed by atoms with Gasteiger partial charge in [0.05, 0.1) is 15.6 Å². The van der Waals surface area contributed by atoms with E-state index in [1.165, 1.54) is 6.92 Å². The molecule has 0 heterocycles. The molecule has 7 heteroatoms. The number of hydrogen-bond acceptors (Lipinski definition) is 3. The Morgan fingerprint density at radius 3 is 2.48 bits per heavy atom. The van der Waals surface area contributed by atoms with E-state index in [4.69, 9.17) is 27.9 Å². The SMILES string of the molecule is Cc1ccc(C)c(NC(=O)[C@@H](C)OC(=O)c2cc(F)c(Cl)cc2Cl)c1. The maximum Gasteiger partial charge on any atom is 0.340 e. The molecule has 2 aromatic carbocycles. The van der Waals surface area contributed by atoms with Crippen molar-refractivity contribution in [1.82, 2.24) is 0 Å². The van der Waals surface area contributed by atoms with E-state index in [9.17, 15) is 14.0 Å². The molecular formula is C18H16Cl2FNO3. The van der Waals surface area contributed by atoms with Gasteiger partial charge in [-0.2, -0.15) is 0 Å². The molecule has 0 aliphatic heterocycles. The fourth-order valence-corrected chi connectivity index (χ4v) is 2.52. The van der Waals surface area contributed by atoms with Crippen molar-refractivity contribution in [2.75, 3.05) is 5.32 Å². The number of amides is 1. The number of carbonyl (C=O) groups excluding carboxylic acids is 2. The Morgan fingerprint density at radius 2 is 1.80 bits per heavy atom. The predicted molar refractivity (Wildman–Crippen MR) is 95.8 cm³/mol. The van der Waals surface area contributed by atoms with Crippen molar-refractivity contribution < 1.29 is 18.7 Å². The molecule has 0 aliphatic carbocycles. The minimum Gasteiger partial charge on any atom is -0.449 e. The molecule has 0 saturated carbocycles. The molecule has 0 aromatic heterocycles. The highest BCUT2D eigenvalue weighted by atomic mass is 35.5. The summed E-state index contributed by atoms with van der Waals surface area (Å²) in [6.45, 7) is 5.16. The normalized spacial score (nSPS) is 11.8. The fourth-order valence-electron chi connectivity index (χ4n) is 2.06. The van der Waals surface area contributed by atoms with Crippen molar-refractivity contribution in [3.63, 3.8) is 0 Å². The second-order valence-corrected chi connectivity index (χ2v) is 6.42. The van der Waals surface area contributed by atoms with Gasteiger partial charge in [0.25, 0.3) is 5.91 Å². The van der Waals surface area contributed by atoms with Gasteiger partial charge in [-0.3, -0.25) is 4.79 Å². The van der Waals surface area contributed by atoms with Gasteiger partial charge in [-0.25, -0.2) is 9.18 Å². The highest BCUT2D eigenvalue weighted by Gasteiger charge is 2.22. The molecule has 0 unspecified atom stereocenters. The third kappa shape index (κ3) is 4.71. The summed E-state index contributed by atoms with van der Waals surface area (Å²) >= 11 is 11.5. The van der Waals surface area contributed by atoms with Crippen molar-refractivity contribution in [2.24, 2.45) is 0 Å². The predicted octanol–water partition coefficient (Wildman–Crippen LogP) is 4.93. The quantitative estimate of drug-likeness (QED) is 0.601. The molecule has 2 aromatic rings. The Kier molecular flexibility index (Phi) is 6.03. The van der Waals surface area contributed by atoms with Crippen LogP contribution in [0, 0.1) is 19.7 Å². The number of rotatable bonds is 4. The number of ether oxygens (including phenoxy) is 1. The van der Waals surface area contributed by atoms with Crippen molar-refractivity contribution in [1.29, 1.82) is 0 Å². The molecular weight excluding hydrogens is 368 g/mol. The van der Waals surface area contributed by atoms with Gasteiger partial charge < -0.3 is 10.1 Å². The van der Waals surface area contributed by atoms with E-state index in [0.29, 0.717) is 5.69 Å². The lowest BCUT2D eigenvalue weighted by Crippen LogP contribution is -2.30. The van der Waals surface area contributed by atoms with E-state index in [1.807, 2.05) is 32.0 Å². The van der Waals surface area contributed by atoms with E-state index < -0.39 is 23.8 Å². The Balaban J connectivity index is 2.09. The number of halogens is 3. The smallest absolute Gasteiger partial charge is 0.340 e. The monoisotopic (exact) mass is 383 g/mol. The van der Waals surface area contributed by atoms with Crippen LogP contribution in [0.1, 0.15) is 28.4 Å². The summed E-state index contributed by atoms with van der Waals surface area (Å²) in [6.07, 6.45) is -1.10. The molecule has 1 atom stereocenters. The van der Waals surface area contributed by atoms with E-state index in [-0.39, 0.29) is 15.6 Å². The maximum absolute atomic E-state index is 13.5. The molecule has 0 saturated heterocycles. The summed E-state index contributed by atoms with van der Waals surface area (Å²) in [5.74, 6) is -2.22. The van der Waals surface area contributed by atoms with E-state index >= 15 is 0 Å². The number of anilines is 1. The van der Waals surface area contributed by atoms with Crippen LogP contribution in [-0.4, -0.2) is 18.0 Å². The first-order valence-electron chi connectivity index (χ1n) is 7.42. The average Bonchev–Trinajstić information content (AvgIpc) is 2.54. The van der Waals surface area contributed by atoms with E-state index in [1.54, 1.807) is 0 Å². The third-order valence-corrected chi connectivity index (χ3v) is 4.14. The van der Waals surface area contributed by atoms with Crippen LogP contribution in [0.4, 0.5) is 10.1 Å². The average molecular weight is 384 g/mol. The van der Waals surface area contributed by atoms with Gasteiger partial charge in [0.2, 0.25) is 0 Å². The summed E-state index contributed by atoms with van der Waals surface area (Å²) in [4.78, 5) is 24.4. The zero-order valence-electron chi connectivity index (χ0n) is 13.8. The summed E-state index contributed by atoms with van der Waals surface area (Å²) in [6, 6.07) is 7.59. The molecule has 0 spiro atoms. The topological polar surface area (TPSA) is 55.4 Å². The van der Waals surface area contributed by atoms with Crippen molar-refractivity contribution in [2.45, 2.75) is 26.9 Å². The van der Waals surface area contributed by atoms with Crippen molar-refractivity contribution in [3.8, 4) is 0 Å². The van der Waals surface area contributed by atoms with Gasteiger partial charge in [0.1, 0.15) is 5.82 Å². The van der Waals surface area contributed by atoms with Crippen LogP contribution in [-0.2, 0) is 9.53 Å². The van der Waals surface area contributed by atoms with Gasteiger partial charge in [0.15, 0.2) is 6.10 Å². The van der Waals surface area contributed by atoms with Crippen LogP contribution < -0.4 is 5.32 Å². The molecule has 1 amide bonds. The number of hydrogen-bond donors (Lipinski definition) is 1. The Morgan fingerprint density at radius 1 is 1.12 bits per heavy atom. The van der Waals surface area contributed by atoms with Gasteiger partial charge in [-0.15, -0.1) is 0 Å². The molecule has 25 heavy (non-hydrogen) atoms. The first kappa shape index (κ1) is 19.2. The van der Waals surface area contributed by atoms with Crippen molar-refractivity contribution >= 4 is 40.8 Å². The standard InChI is InChI=1S/C18H16Cl2FNO3/c1-9-4-5-10(2)16(6-9)22-17(23)11(3)25-18(24)12-7-15(21)14(20)8-13(12)19/h4-8,11H,1-3H3,(H,22,23)/t11-/m1/s1. The molecule has 0 aliphatic rings. The number of benzene rings is 2. The van der Waals surface area contributed by atoms with Crippen LogP contribution in [0.25, 0.3) is 0 Å². The summed E-state index contributed by atoms with van der Waals surface area (Å²) < 4.78 is 18.6. The third-order valence-electron chi connectivity index (χ3n) is 3.53. The minimum absolute atomic E-state index is 0.0569. The first-order chi connectivity index (χ1) is 11.7. The largest absolute Gasteiger partial charge is 0.449 e. The second kappa shape index (κ2) is 7.85. The highest BCUT2D eigenvalue weighted by molar-refractivity contribution is 6.36. The fraction of sp³-hybridized carbons (Fsp3) is 0.222. The summed E-state index contributed by atoms with van der Waals surface area (Å²) in [5.41, 5.74) is 2.28. The summed E-state index contributed by atoms with van der Waals surface area (Å²) in [7, 11) is 0. The van der Waals surface area contributed by atoms with Crippen LogP contribution in [0.2, 0.25) is 10.0 Å². The molecule has 0 radical (unpaired) electrons. The highest BCUT2D eigenvalue weighted by Crippen LogP contribution is 2.25. The lowest BCUT2D eigenvalue weighted by molar-refractivity contribution is -0.123. The molecule has 0 bridgehead atoms. The van der Waals surface area contributed by atoms with Crippen LogP contribution >= 0.6 is 23.2 Å². The number of carbonyl (C=O) groups is 2. The number of aryl methyl sites for hydroxylation is 2. The maximum atomic E-state index is 13.5. The molecule has 132 valence electrons. The Hall–Kier alpha value is -2.11. The van der Waals surface area contributed by atoms with Gasteiger partial charge in [-0.1, -0.05) is 35.3 Å². The minimum atomic E-state index is -1.10. The molecule has 4 nitrogen and oxygen atoms in total. The van der Waals surface area contributed by atoms with Crippen LogP contribution in [0.15, 0.2) is 30.3 Å². The van der Waals surface area contributed by atoms with Crippen molar-refractivity contribution in [3.05, 3.63) is 62.9 Å². The Bertz CT molecular complexity index is 839. The van der Waals surface area contributed by atoms with E-state index in [0.717, 1.165) is 23.3 Å². The Labute approximate surface area is 154 Å². The second-order valence-electron chi connectivity index (χ2n) is 5.60. The lowest BCUT2D eigenvalue weighted by atomic mass is 10.1. The van der Waals surface area contributed by atoms with Gasteiger partial charge in [0, 0.05) is 5.69 Å². The molecule has 0 fully saturated rings. The van der Waals surface area contributed by atoms with E-state index in [2.05, 4.69) is 5.32 Å². The van der Waals surface area contributed by atoms with Crippen LogP contribution in [0.5, 0.6) is 0 Å². The lowest BCUT2D eigenvalue weighted by Gasteiger charge is -2.15. The number of nitrogens with one attached hydrogen (secondary N) is 1. The molecule has 1 N–H and O–H groups in total. The molecule has 2 rings (SSSR count). The zero-order chi connectivity index (χ0) is 18.7. The zero-order valence-corrected chi connectivity index (χ0v) is 15.3. The van der Waals surface area contributed by atoms with Gasteiger partial charge >= 0.3 is 5.97 Å². The summed E-state index contributed by atoms with van der Waals surface area (Å²) in [5, 5.41) is 2.44. The van der Waals surface area contributed by atoms with Crippen LogP contribution in [0.3, 0.4) is 0 Å².